The van der Waals surface area contributed by atoms with Gasteiger partial charge >= 0.3 is 6.03 Å². The van der Waals surface area contributed by atoms with Crippen molar-refractivity contribution in [2.75, 3.05) is 40.4 Å². The van der Waals surface area contributed by atoms with Gasteiger partial charge in [-0.05, 0) is 6.07 Å². The predicted molar refractivity (Wildman–Crippen MR) is 76.2 cm³/mol. The molecular formula is C14H21N3O3. The van der Waals surface area contributed by atoms with E-state index in [0.717, 1.165) is 36.7 Å². The van der Waals surface area contributed by atoms with E-state index in [2.05, 4.69) is 10.6 Å². The zero-order chi connectivity index (χ0) is 14.4. The highest BCUT2D eigenvalue weighted by molar-refractivity contribution is 5.76. The molecule has 2 amide bonds. The van der Waals surface area contributed by atoms with Gasteiger partial charge in [0.2, 0.25) is 0 Å². The molecule has 1 heterocycles. The van der Waals surface area contributed by atoms with Crippen LogP contribution in [-0.4, -0.2) is 51.3 Å². The van der Waals surface area contributed by atoms with E-state index in [1.165, 1.54) is 0 Å². The molecule has 1 aromatic rings. The minimum Gasteiger partial charge on any atom is -0.497 e. The number of urea groups is 1. The summed E-state index contributed by atoms with van der Waals surface area (Å²) < 4.78 is 10.5. The molecule has 6 nitrogen and oxygen atoms in total. The van der Waals surface area contributed by atoms with E-state index in [-0.39, 0.29) is 6.03 Å². The first kappa shape index (κ1) is 14.5. The van der Waals surface area contributed by atoms with Crippen molar-refractivity contribution in [3.8, 4) is 11.5 Å². The lowest BCUT2D eigenvalue weighted by atomic mass is 10.2. The Morgan fingerprint density at radius 2 is 2.20 bits per heavy atom. The van der Waals surface area contributed by atoms with Crippen LogP contribution in [0.4, 0.5) is 4.79 Å². The SMILES string of the molecule is COc1ccc(CNCCN2CCNC2=O)c(OC)c1. The fraction of sp³-hybridized carbons (Fsp3) is 0.500. The molecule has 0 spiro atoms. The lowest BCUT2D eigenvalue weighted by Crippen LogP contribution is -2.34. The van der Waals surface area contributed by atoms with Gasteiger partial charge in [-0.1, -0.05) is 6.07 Å². The van der Waals surface area contributed by atoms with Gasteiger partial charge in [0, 0.05) is 44.4 Å². The smallest absolute Gasteiger partial charge is 0.317 e. The molecule has 0 aromatic heterocycles. The molecule has 0 atom stereocenters. The number of carbonyl (C=O) groups is 1. The number of nitrogens with one attached hydrogen (secondary N) is 2. The van der Waals surface area contributed by atoms with Gasteiger partial charge in [0.05, 0.1) is 14.2 Å². The van der Waals surface area contributed by atoms with Crippen LogP contribution in [-0.2, 0) is 6.54 Å². The third-order valence-electron chi connectivity index (χ3n) is 3.31. The number of hydrogen-bond acceptors (Lipinski definition) is 4. The highest BCUT2D eigenvalue weighted by Gasteiger charge is 2.18. The van der Waals surface area contributed by atoms with Crippen LogP contribution in [0.5, 0.6) is 11.5 Å². The molecule has 0 unspecified atom stereocenters. The molecule has 1 aliphatic rings. The molecule has 6 heteroatoms. The van der Waals surface area contributed by atoms with Gasteiger partial charge in [-0.2, -0.15) is 0 Å². The first-order chi connectivity index (χ1) is 9.74. The summed E-state index contributed by atoms with van der Waals surface area (Å²) >= 11 is 0. The monoisotopic (exact) mass is 279 g/mol. The molecule has 1 fully saturated rings. The lowest BCUT2D eigenvalue weighted by molar-refractivity contribution is 0.217. The van der Waals surface area contributed by atoms with Crippen molar-refractivity contribution in [2.24, 2.45) is 0 Å². The zero-order valence-electron chi connectivity index (χ0n) is 11.9. The van der Waals surface area contributed by atoms with Gasteiger partial charge in [0.1, 0.15) is 11.5 Å². The van der Waals surface area contributed by atoms with Crippen LogP contribution in [0.1, 0.15) is 5.56 Å². The van der Waals surface area contributed by atoms with Crippen molar-refractivity contribution in [1.29, 1.82) is 0 Å². The van der Waals surface area contributed by atoms with Crippen LogP contribution in [0.3, 0.4) is 0 Å². The van der Waals surface area contributed by atoms with E-state index in [4.69, 9.17) is 9.47 Å². The molecule has 0 radical (unpaired) electrons. The minimum absolute atomic E-state index is 0.0221. The topological polar surface area (TPSA) is 62.8 Å². The van der Waals surface area contributed by atoms with E-state index in [9.17, 15) is 4.79 Å². The molecule has 0 aliphatic carbocycles. The van der Waals surface area contributed by atoms with Crippen LogP contribution in [0.25, 0.3) is 0 Å². The maximum Gasteiger partial charge on any atom is 0.317 e. The molecule has 2 rings (SSSR count). The number of amides is 2. The third kappa shape index (κ3) is 3.54. The lowest BCUT2D eigenvalue weighted by Gasteiger charge is -2.15. The van der Waals surface area contributed by atoms with Crippen molar-refractivity contribution >= 4 is 6.03 Å². The van der Waals surface area contributed by atoms with E-state index >= 15 is 0 Å². The van der Waals surface area contributed by atoms with Gasteiger partial charge in [-0.3, -0.25) is 0 Å². The van der Waals surface area contributed by atoms with Gasteiger partial charge < -0.3 is 25.0 Å². The maximum atomic E-state index is 11.4. The Balaban J connectivity index is 1.80. The second-order valence-corrected chi connectivity index (χ2v) is 4.57. The van der Waals surface area contributed by atoms with Gasteiger partial charge in [0.15, 0.2) is 0 Å². The molecule has 0 saturated carbocycles. The number of ether oxygens (including phenoxy) is 2. The summed E-state index contributed by atoms with van der Waals surface area (Å²) in [7, 11) is 3.28. The minimum atomic E-state index is 0.0221. The van der Waals surface area contributed by atoms with Crippen molar-refractivity contribution in [1.82, 2.24) is 15.5 Å². The molecule has 1 aromatic carbocycles. The van der Waals surface area contributed by atoms with Gasteiger partial charge in [-0.15, -0.1) is 0 Å². The highest BCUT2D eigenvalue weighted by Crippen LogP contribution is 2.24. The summed E-state index contributed by atoms with van der Waals surface area (Å²) in [5.41, 5.74) is 1.07. The van der Waals surface area contributed by atoms with E-state index in [1.54, 1.807) is 19.1 Å². The summed E-state index contributed by atoms with van der Waals surface area (Å²) in [6, 6.07) is 5.78. The van der Waals surface area contributed by atoms with Gasteiger partial charge in [0.25, 0.3) is 0 Å². The van der Waals surface area contributed by atoms with E-state index in [0.29, 0.717) is 13.1 Å². The predicted octanol–water partition coefficient (Wildman–Crippen LogP) is 0.819. The van der Waals surface area contributed by atoms with Crippen molar-refractivity contribution in [3.05, 3.63) is 23.8 Å². The molecule has 0 bridgehead atoms. The quantitative estimate of drug-likeness (QED) is 0.725. The first-order valence-electron chi connectivity index (χ1n) is 6.69. The van der Waals surface area contributed by atoms with Crippen molar-refractivity contribution in [2.45, 2.75) is 6.54 Å². The number of methoxy groups -OCH3 is 2. The van der Waals surface area contributed by atoms with Gasteiger partial charge in [-0.25, -0.2) is 4.79 Å². The van der Waals surface area contributed by atoms with Crippen LogP contribution in [0.2, 0.25) is 0 Å². The fourth-order valence-corrected chi connectivity index (χ4v) is 2.16. The van der Waals surface area contributed by atoms with Crippen LogP contribution >= 0.6 is 0 Å². The Kier molecular flexibility index (Phi) is 5.06. The summed E-state index contributed by atoms with van der Waals surface area (Å²) in [5, 5.41) is 6.10. The number of rotatable bonds is 7. The Labute approximate surface area is 119 Å². The maximum absolute atomic E-state index is 11.4. The van der Waals surface area contributed by atoms with E-state index < -0.39 is 0 Å². The van der Waals surface area contributed by atoms with E-state index in [1.807, 2.05) is 18.2 Å². The van der Waals surface area contributed by atoms with Crippen molar-refractivity contribution < 1.29 is 14.3 Å². The number of benzene rings is 1. The number of hydrogen-bond donors (Lipinski definition) is 2. The number of carbonyl (C=O) groups excluding carboxylic acids is 1. The third-order valence-corrected chi connectivity index (χ3v) is 3.31. The summed E-state index contributed by atoms with van der Waals surface area (Å²) in [6.45, 7) is 3.69. The Bertz CT molecular complexity index is 465. The zero-order valence-corrected chi connectivity index (χ0v) is 11.9. The fourth-order valence-electron chi connectivity index (χ4n) is 2.16. The van der Waals surface area contributed by atoms with Crippen LogP contribution < -0.4 is 20.1 Å². The number of nitrogens with zero attached hydrogens (tertiary/aromatic N) is 1. The first-order valence-corrected chi connectivity index (χ1v) is 6.69. The molecule has 110 valence electrons. The molecular weight excluding hydrogens is 258 g/mol. The molecule has 2 N–H and O–H groups in total. The Morgan fingerprint density at radius 1 is 1.35 bits per heavy atom. The summed E-state index contributed by atoms with van der Waals surface area (Å²) in [6.07, 6.45) is 0. The van der Waals surface area contributed by atoms with Crippen LogP contribution in [0.15, 0.2) is 18.2 Å². The Hall–Kier alpha value is -1.95. The van der Waals surface area contributed by atoms with Crippen molar-refractivity contribution in [3.63, 3.8) is 0 Å². The summed E-state index contributed by atoms with van der Waals surface area (Å²) in [4.78, 5) is 13.2. The normalized spacial score (nSPS) is 14.3. The standard InChI is InChI=1S/C14H21N3O3/c1-19-12-4-3-11(13(9-12)20-2)10-15-5-7-17-8-6-16-14(17)18/h3-4,9,15H,5-8,10H2,1-2H3,(H,16,18). The average Bonchev–Trinajstić information content (AvgIpc) is 2.89. The summed E-state index contributed by atoms with van der Waals surface area (Å²) in [5.74, 6) is 1.58. The van der Waals surface area contributed by atoms with Crippen LogP contribution in [0, 0.1) is 0 Å². The molecule has 1 aliphatic heterocycles. The largest absolute Gasteiger partial charge is 0.497 e. The Morgan fingerprint density at radius 3 is 2.85 bits per heavy atom. The molecule has 1 saturated heterocycles. The highest BCUT2D eigenvalue weighted by atomic mass is 16.5. The average molecular weight is 279 g/mol. The second kappa shape index (κ2) is 7.00. The molecule has 20 heavy (non-hydrogen) atoms. The second-order valence-electron chi connectivity index (χ2n) is 4.57.